The highest BCUT2D eigenvalue weighted by Gasteiger charge is 2.34. The minimum atomic E-state index is -3.80. The van der Waals surface area contributed by atoms with Crippen molar-refractivity contribution in [1.29, 1.82) is 0 Å². The van der Waals surface area contributed by atoms with Crippen LogP contribution in [0.2, 0.25) is 0 Å². The highest BCUT2D eigenvalue weighted by molar-refractivity contribution is 9.10. The minimum Gasteiger partial charge on any atom is -0.378 e. The monoisotopic (exact) mass is 503 g/mol. The number of hydrogen-bond acceptors (Lipinski definition) is 5. The molecule has 0 amide bonds. The van der Waals surface area contributed by atoms with Gasteiger partial charge in [-0.25, -0.2) is 12.7 Å². The van der Waals surface area contributed by atoms with Crippen LogP contribution in [0.3, 0.4) is 0 Å². The first-order valence-corrected chi connectivity index (χ1v) is 12.3. The number of sulfonamides is 1. The summed E-state index contributed by atoms with van der Waals surface area (Å²) in [5, 5.41) is 0. The first-order valence-electron chi connectivity index (χ1n) is 9.30. The smallest absolute Gasteiger partial charge is 0.268 e. The van der Waals surface area contributed by atoms with E-state index in [9.17, 15) is 8.42 Å². The van der Waals surface area contributed by atoms with E-state index in [1.54, 1.807) is 36.0 Å². The molecule has 3 aromatic rings. The molecule has 1 aliphatic rings. The van der Waals surface area contributed by atoms with Gasteiger partial charge in [0.2, 0.25) is 0 Å². The predicted molar refractivity (Wildman–Crippen MR) is 129 cm³/mol. The first kappa shape index (κ1) is 21.1. The molecule has 8 heteroatoms. The third-order valence-corrected chi connectivity index (χ3v) is 8.29. The first-order chi connectivity index (χ1) is 14.2. The van der Waals surface area contributed by atoms with Crippen LogP contribution in [-0.2, 0) is 10.0 Å². The molecule has 0 unspecified atom stereocenters. The maximum atomic E-state index is 13.7. The summed E-state index contributed by atoms with van der Waals surface area (Å²) in [4.78, 5) is 6.10. The van der Waals surface area contributed by atoms with Gasteiger partial charge in [-0.15, -0.1) is 0 Å². The number of benzene rings is 3. The van der Waals surface area contributed by atoms with Crippen molar-refractivity contribution < 1.29 is 8.42 Å². The van der Waals surface area contributed by atoms with E-state index in [0.717, 1.165) is 25.6 Å². The Morgan fingerprint density at radius 1 is 0.767 bits per heavy atom. The van der Waals surface area contributed by atoms with Crippen LogP contribution in [0.5, 0.6) is 0 Å². The molecule has 1 heterocycles. The van der Waals surface area contributed by atoms with Crippen LogP contribution < -0.4 is 14.1 Å². The molecule has 5 nitrogen and oxygen atoms in total. The summed E-state index contributed by atoms with van der Waals surface area (Å²) in [6.07, 6.45) is 0. The molecule has 4 rings (SSSR count). The molecule has 0 spiro atoms. The Labute approximate surface area is 190 Å². The highest BCUT2D eigenvalue weighted by atomic mass is 79.9. The Kier molecular flexibility index (Phi) is 5.50. The predicted octanol–water partition coefficient (Wildman–Crippen LogP) is 5.57. The highest BCUT2D eigenvalue weighted by Crippen LogP contribution is 2.52. The summed E-state index contributed by atoms with van der Waals surface area (Å²) >= 11 is 4.98. The largest absolute Gasteiger partial charge is 0.378 e. The zero-order valence-corrected chi connectivity index (χ0v) is 20.3. The minimum absolute atomic E-state index is 0.253. The van der Waals surface area contributed by atoms with Crippen molar-refractivity contribution in [2.45, 2.75) is 14.7 Å². The van der Waals surface area contributed by atoms with Gasteiger partial charge in [0.25, 0.3) is 10.0 Å². The van der Waals surface area contributed by atoms with Gasteiger partial charge in [0.05, 0.1) is 16.3 Å². The van der Waals surface area contributed by atoms with E-state index in [0.29, 0.717) is 11.4 Å². The lowest BCUT2D eigenvalue weighted by molar-refractivity contribution is 0.595. The zero-order valence-electron chi connectivity index (χ0n) is 17.1. The molecule has 0 saturated heterocycles. The van der Waals surface area contributed by atoms with Gasteiger partial charge in [-0.3, -0.25) is 0 Å². The Morgan fingerprint density at radius 2 is 1.23 bits per heavy atom. The second-order valence-corrected chi connectivity index (χ2v) is 11.2. The Balaban J connectivity index is 1.94. The van der Waals surface area contributed by atoms with Gasteiger partial charge in [0.1, 0.15) is 0 Å². The Morgan fingerprint density at radius 3 is 1.67 bits per heavy atom. The lowest BCUT2D eigenvalue weighted by Crippen LogP contribution is -2.29. The molecule has 0 atom stereocenters. The van der Waals surface area contributed by atoms with E-state index in [1.807, 2.05) is 74.4 Å². The third kappa shape index (κ3) is 3.68. The SMILES string of the molecule is CN(C)c1ccc2c(c1)Sc1cc(N(C)C)ccc1N2S(=O)(=O)c1ccc(Br)cc1. The van der Waals surface area contributed by atoms with Gasteiger partial charge < -0.3 is 9.80 Å². The summed E-state index contributed by atoms with van der Waals surface area (Å²) < 4.78 is 29.8. The molecule has 30 heavy (non-hydrogen) atoms. The van der Waals surface area contributed by atoms with Crippen molar-refractivity contribution in [2.24, 2.45) is 0 Å². The molecule has 1 aliphatic heterocycles. The summed E-state index contributed by atoms with van der Waals surface area (Å²) in [6, 6.07) is 18.5. The zero-order chi connectivity index (χ0) is 21.6. The van der Waals surface area contributed by atoms with Crippen LogP contribution in [0.15, 0.2) is 79.8 Å². The van der Waals surface area contributed by atoms with Crippen molar-refractivity contribution in [3.8, 4) is 0 Å². The maximum Gasteiger partial charge on any atom is 0.268 e. The Hall–Kier alpha value is -2.16. The average molecular weight is 504 g/mol. The molecule has 0 fully saturated rings. The number of nitrogens with zero attached hydrogens (tertiary/aromatic N) is 3. The fourth-order valence-corrected chi connectivity index (χ4v) is 6.31. The van der Waals surface area contributed by atoms with Crippen molar-refractivity contribution in [2.75, 3.05) is 42.3 Å². The van der Waals surface area contributed by atoms with Crippen LogP contribution in [0.25, 0.3) is 0 Å². The molecule has 0 bridgehead atoms. The maximum absolute atomic E-state index is 13.7. The van der Waals surface area contributed by atoms with Gasteiger partial charge in [0, 0.05) is 53.8 Å². The molecule has 0 aliphatic carbocycles. The summed E-state index contributed by atoms with van der Waals surface area (Å²) in [7, 11) is 4.10. The molecule has 0 radical (unpaired) electrons. The molecule has 0 saturated carbocycles. The quantitative estimate of drug-likeness (QED) is 0.465. The van der Waals surface area contributed by atoms with Gasteiger partial charge in [-0.05, 0) is 60.7 Å². The van der Waals surface area contributed by atoms with E-state index in [1.165, 1.54) is 4.31 Å². The number of hydrogen-bond donors (Lipinski definition) is 0. The standard InChI is InChI=1S/C22H22BrN3O2S2/c1-24(2)16-7-11-19-21(13-16)29-22-14-17(25(3)4)8-12-20(22)26(19)30(27,28)18-9-5-15(23)6-10-18/h5-14H,1-4H3. The number of rotatable bonds is 4. The van der Waals surface area contributed by atoms with Crippen molar-refractivity contribution in [1.82, 2.24) is 0 Å². The van der Waals surface area contributed by atoms with Crippen molar-refractivity contribution >= 4 is 60.5 Å². The molecular formula is C22H22BrN3O2S2. The second-order valence-electron chi connectivity index (χ2n) is 7.42. The lowest BCUT2D eigenvalue weighted by Gasteiger charge is -2.33. The molecule has 0 N–H and O–H groups in total. The van der Waals surface area contributed by atoms with E-state index in [4.69, 9.17) is 0 Å². The topological polar surface area (TPSA) is 43.9 Å². The molecule has 156 valence electrons. The molecular weight excluding hydrogens is 482 g/mol. The normalized spacial score (nSPS) is 12.9. The average Bonchev–Trinajstić information content (AvgIpc) is 2.71. The van der Waals surface area contributed by atoms with Crippen LogP contribution in [-0.4, -0.2) is 36.6 Å². The Bertz CT molecular complexity index is 1150. The second kappa shape index (κ2) is 7.83. The van der Waals surface area contributed by atoms with Crippen LogP contribution in [0.4, 0.5) is 22.7 Å². The molecule has 0 aromatic heterocycles. The molecule has 3 aromatic carbocycles. The van der Waals surface area contributed by atoms with E-state index < -0.39 is 10.0 Å². The van der Waals surface area contributed by atoms with Crippen LogP contribution in [0.1, 0.15) is 0 Å². The number of fused-ring (bicyclic) bond motifs is 2. The van der Waals surface area contributed by atoms with E-state index in [2.05, 4.69) is 15.9 Å². The van der Waals surface area contributed by atoms with Crippen molar-refractivity contribution in [3.05, 3.63) is 65.1 Å². The number of anilines is 4. The number of halogens is 1. The summed E-state index contributed by atoms with van der Waals surface area (Å²) in [5.74, 6) is 0. The van der Waals surface area contributed by atoms with E-state index >= 15 is 0 Å². The van der Waals surface area contributed by atoms with Gasteiger partial charge in [-0.1, -0.05) is 27.7 Å². The van der Waals surface area contributed by atoms with Crippen molar-refractivity contribution in [3.63, 3.8) is 0 Å². The third-order valence-electron chi connectivity index (χ3n) is 4.93. The van der Waals surface area contributed by atoms with Crippen LogP contribution in [0, 0.1) is 0 Å². The van der Waals surface area contributed by atoms with Gasteiger partial charge in [0.15, 0.2) is 0 Å². The summed E-state index contributed by atoms with van der Waals surface area (Å²) in [5.41, 5.74) is 3.38. The fourth-order valence-electron chi connectivity index (χ4n) is 3.28. The fraction of sp³-hybridized carbons (Fsp3) is 0.182. The van der Waals surface area contributed by atoms with Gasteiger partial charge >= 0.3 is 0 Å². The summed E-state index contributed by atoms with van der Waals surface area (Å²) in [6.45, 7) is 0. The van der Waals surface area contributed by atoms with Crippen LogP contribution >= 0.6 is 27.7 Å². The van der Waals surface area contributed by atoms with E-state index in [-0.39, 0.29) is 4.90 Å². The van der Waals surface area contributed by atoms with Gasteiger partial charge in [-0.2, -0.15) is 0 Å². The lowest BCUT2D eigenvalue weighted by atomic mass is 10.2.